The fraction of sp³-hybridized carbons (Fsp3) is 0. The molecule has 0 aliphatic carbocycles. The number of hydrogen-bond acceptors (Lipinski definition) is 10. The summed E-state index contributed by atoms with van der Waals surface area (Å²) in [4.78, 5) is 36.5. The highest BCUT2D eigenvalue weighted by Crippen LogP contribution is 2.29. The molecule has 0 aliphatic rings. The summed E-state index contributed by atoms with van der Waals surface area (Å²) in [5, 5.41) is 16.4. The Morgan fingerprint density at radius 2 is 1.62 bits per heavy atom. The number of rotatable bonds is 7. The molecule has 40 heavy (non-hydrogen) atoms. The molecular weight excluding hydrogens is 557 g/mol. The SMILES string of the molecule is Cl.Cl.Nc1cc(NN(C(=O)c2ccccc2)c2ccc(Nc3ccnc4ccc([N+](=O)[O-])cc34)cc2)nc(N)n1. The maximum absolute atomic E-state index is 13.4. The van der Waals surface area contributed by atoms with Gasteiger partial charge >= 0.3 is 0 Å². The van der Waals surface area contributed by atoms with Crippen molar-refractivity contribution in [1.29, 1.82) is 0 Å². The topological polar surface area (TPSA) is 178 Å². The molecule has 6 N–H and O–H groups in total. The number of carbonyl (C=O) groups is 1. The van der Waals surface area contributed by atoms with Crippen molar-refractivity contribution in [2.45, 2.75) is 0 Å². The molecule has 14 heteroatoms. The Balaban J connectivity index is 0.00000220. The van der Waals surface area contributed by atoms with Gasteiger partial charge in [-0.25, -0.2) is 5.01 Å². The highest BCUT2D eigenvalue weighted by molar-refractivity contribution is 6.07. The Morgan fingerprint density at radius 3 is 2.30 bits per heavy atom. The van der Waals surface area contributed by atoms with E-state index in [1.807, 2.05) is 6.07 Å². The molecule has 0 aliphatic heterocycles. The third-order valence-corrected chi connectivity index (χ3v) is 5.55. The third kappa shape index (κ3) is 6.43. The summed E-state index contributed by atoms with van der Waals surface area (Å²) < 4.78 is 0. The van der Waals surface area contributed by atoms with Gasteiger partial charge in [0, 0.05) is 46.7 Å². The maximum atomic E-state index is 13.4. The van der Waals surface area contributed by atoms with Crippen LogP contribution >= 0.6 is 24.8 Å². The Labute approximate surface area is 240 Å². The van der Waals surface area contributed by atoms with E-state index in [2.05, 4.69) is 25.7 Å². The highest BCUT2D eigenvalue weighted by atomic mass is 35.5. The van der Waals surface area contributed by atoms with Crippen molar-refractivity contribution < 1.29 is 9.72 Å². The van der Waals surface area contributed by atoms with E-state index in [-0.39, 0.29) is 54.0 Å². The molecule has 204 valence electrons. The predicted molar refractivity (Wildman–Crippen MR) is 160 cm³/mol. The van der Waals surface area contributed by atoms with Crippen LogP contribution in [0.5, 0.6) is 0 Å². The van der Waals surface area contributed by atoms with E-state index in [4.69, 9.17) is 11.5 Å². The summed E-state index contributed by atoms with van der Waals surface area (Å²) >= 11 is 0. The van der Waals surface area contributed by atoms with Crippen molar-refractivity contribution in [3.8, 4) is 0 Å². The molecule has 0 bridgehead atoms. The van der Waals surface area contributed by atoms with Crippen LogP contribution in [0.15, 0.2) is 91.1 Å². The van der Waals surface area contributed by atoms with Gasteiger partial charge < -0.3 is 16.8 Å². The number of pyridine rings is 1. The number of nitrogen functional groups attached to an aromatic ring is 2. The van der Waals surface area contributed by atoms with Crippen molar-refractivity contribution in [2.24, 2.45) is 0 Å². The molecule has 2 aromatic heterocycles. The van der Waals surface area contributed by atoms with Gasteiger partial charge in [-0.2, -0.15) is 9.97 Å². The fourth-order valence-corrected chi connectivity index (χ4v) is 3.81. The zero-order valence-corrected chi connectivity index (χ0v) is 22.2. The zero-order chi connectivity index (χ0) is 26.6. The van der Waals surface area contributed by atoms with E-state index in [1.54, 1.807) is 66.9 Å². The number of carbonyl (C=O) groups excluding carboxylic acids is 1. The molecule has 0 radical (unpaired) electrons. The lowest BCUT2D eigenvalue weighted by molar-refractivity contribution is -0.384. The van der Waals surface area contributed by atoms with Crippen LogP contribution in [0.3, 0.4) is 0 Å². The number of nitrogens with one attached hydrogen (secondary N) is 2. The number of hydrazine groups is 1. The summed E-state index contributed by atoms with van der Waals surface area (Å²) in [5.41, 5.74) is 17.4. The molecule has 0 spiro atoms. The van der Waals surface area contributed by atoms with E-state index in [1.165, 1.54) is 23.2 Å². The van der Waals surface area contributed by atoms with Gasteiger partial charge in [-0.05, 0) is 48.5 Å². The minimum Gasteiger partial charge on any atom is -0.383 e. The average molecular weight is 580 g/mol. The molecule has 5 rings (SSSR count). The van der Waals surface area contributed by atoms with E-state index < -0.39 is 4.92 Å². The second kappa shape index (κ2) is 12.6. The van der Waals surface area contributed by atoms with Crippen molar-refractivity contribution in [3.63, 3.8) is 0 Å². The molecule has 0 atom stereocenters. The second-order valence-electron chi connectivity index (χ2n) is 8.14. The first-order chi connectivity index (χ1) is 18.4. The molecule has 0 unspecified atom stereocenters. The van der Waals surface area contributed by atoms with Gasteiger partial charge in [-0.1, -0.05) is 18.2 Å². The Hall–Kier alpha value is -5.20. The van der Waals surface area contributed by atoms with Gasteiger partial charge in [-0.15, -0.1) is 24.8 Å². The first-order valence-electron chi connectivity index (χ1n) is 11.3. The normalized spacial score (nSPS) is 10.1. The number of nitrogens with two attached hydrogens (primary N) is 2. The Bertz CT molecular complexity index is 1640. The van der Waals surface area contributed by atoms with Gasteiger partial charge in [0.05, 0.1) is 16.1 Å². The lowest BCUT2D eigenvalue weighted by Gasteiger charge is -2.24. The van der Waals surface area contributed by atoms with Crippen molar-refractivity contribution >= 4 is 82.0 Å². The third-order valence-electron chi connectivity index (χ3n) is 5.55. The molecule has 1 amide bonds. The van der Waals surface area contributed by atoms with Crippen LogP contribution in [0.1, 0.15) is 10.4 Å². The van der Waals surface area contributed by atoms with Gasteiger partial charge in [-0.3, -0.25) is 25.3 Å². The molecular formula is C26H23Cl2N9O3. The van der Waals surface area contributed by atoms with Crippen molar-refractivity contribution in [2.75, 3.05) is 27.2 Å². The van der Waals surface area contributed by atoms with Gasteiger partial charge in [0.2, 0.25) is 5.95 Å². The molecule has 3 aromatic carbocycles. The van der Waals surface area contributed by atoms with Gasteiger partial charge in [0.15, 0.2) is 5.82 Å². The minimum atomic E-state index is -0.449. The lowest BCUT2D eigenvalue weighted by atomic mass is 10.1. The van der Waals surface area contributed by atoms with Crippen molar-refractivity contribution in [1.82, 2.24) is 15.0 Å². The predicted octanol–water partition coefficient (Wildman–Crippen LogP) is 5.36. The maximum Gasteiger partial charge on any atom is 0.276 e. The minimum absolute atomic E-state index is 0. The summed E-state index contributed by atoms with van der Waals surface area (Å²) in [6, 6.07) is 23.4. The fourth-order valence-electron chi connectivity index (χ4n) is 3.81. The highest BCUT2D eigenvalue weighted by Gasteiger charge is 2.19. The number of benzene rings is 3. The molecule has 0 fully saturated rings. The van der Waals surface area contributed by atoms with Crippen molar-refractivity contribution in [3.05, 3.63) is 107 Å². The number of hydrogen-bond donors (Lipinski definition) is 4. The smallest absolute Gasteiger partial charge is 0.276 e. The van der Waals surface area contributed by atoms with Crippen LogP contribution in [0.25, 0.3) is 10.9 Å². The molecule has 12 nitrogen and oxygen atoms in total. The summed E-state index contributed by atoms with van der Waals surface area (Å²) in [6.07, 6.45) is 1.62. The van der Waals surface area contributed by atoms with Crippen LogP contribution in [-0.4, -0.2) is 25.8 Å². The molecule has 0 saturated heterocycles. The molecule has 5 aromatic rings. The van der Waals surface area contributed by atoms with E-state index >= 15 is 0 Å². The van der Waals surface area contributed by atoms with Gasteiger partial charge in [0.1, 0.15) is 5.82 Å². The summed E-state index contributed by atoms with van der Waals surface area (Å²) in [5.74, 6) is 0.0151. The van der Waals surface area contributed by atoms with E-state index in [9.17, 15) is 14.9 Å². The number of non-ortho nitro benzene ring substituents is 1. The number of anilines is 6. The number of aromatic nitrogens is 3. The van der Waals surface area contributed by atoms with Crippen LogP contribution in [0.4, 0.5) is 40.3 Å². The summed E-state index contributed by atoms with van der Waals surface area (Å²) in [6.45, 7) is 0. The number of halogens is 2. The lowest BCUT2D eigenvalue weighted by Crippen LogP contribution is -2.36. The Kier molecular flexibility index (Phi) is 9.22. The Morgan fingerprint density at radius 1 is 0.900 bits per heavy atom. The number of fused-ring (bicyclic) bond motifs is 1. The first-order valence-corrected chi connectivity index (χ1v) is 11.3. The largest absolute Gasteiger partial charge is 0.383 e. The van der Waals surface area contributed by atoms with Crippen LogP contribution in [-0.2, 0) is 0 Å². The van der Waals surface area contributed by atoms with Crippen LogP contribution in [0.2, 0.25) is 0 Å². The second-order valence-corrected chi connectivity index (χ2v) is 8.14. The zero-order valence-electron chi connectivity index (χ0n) is 20.6. The number of amides is 1. The number of nitro groups is 1. The van der Waals surface area contributed by atoms with Crippen LogP contribution in [0, 0.1) is 10.1 Å². The summed E-state index contributed by atoms with van der Waals surface area (Å²) in [7, 11) is 0. The quantitative estimate of drug-likeness (QED) is 0.145. The van der Waals surface area contributed by atoms with E-state index in [0.29, 0.717) is 33.5 Å². The molecule has 2 heterocycles. The standard InChI is InChI=1S/C26H21N9O3.2ClH/c27-23-15-24(32-26(28)31-23)33-34(25(36)16-4-2-1-3-5-16)18-8-6-17(7-9-18)30-22-12-13-29-21-11-10-19(35(37)38)14-20(21)22;;/h1-15H,(H,29,30)(H5,27,28,31,32,33);2*1H. The average Bonchev–Trinajstić information content (AvgIpc) is 2.92. The van der Waals surface area contributed by atoms with E-state index in [0.717, 1.165) is 0 Å². The number of nitro benzene ring substituents is 1. The first kappa shape index (κ1) is 29.4. The number of nitrogens with zero attached hydrogens (tertiary/aromatic N) is 5. The monoisotopic (exact) mass is 579 g/mol. The molecule has 0 saturated carbocycles. The van der Waals surface area contributed by atoms with Crippen LogP contribution < -0.4 is 27.2 Å². The van der Waals surface area contributed by atoms with Gasteiger partial charge in [0.25, 0.3) is 11.6 Å².